The molecule has 6 heteroatoms. The summed E-state index contributed by atoms with van der Waals surface area (Å²) >= 11 is 0. The number of benzene rings is 1. The molecule has 0 amide bonds. The highest BCUT2D eigenvalue weighted by Crippen LogP contribution is 2.13. The highest BCUT2D eigenvalue weighted by Gasteiger charge is 2.15. The average Bonchev–Trinajstić information content (AvgIpc) is 2.79. The van der Waals surface area contributed by atoms with Gasteiger partial charge in [0.05, 0.1) is 21.5 Å². The molecular weight excluding hydrogens is 248 g/mol. The largest absolute Gasteiger partial charge is 0.288 e. The summed E-state index contributed by atoms with van der Waals surface area (Å²) in [6.07, 6.45) is 1.44. The first-order valence-electron chi connectivity index (χ1n) is 5.55. The van der Waals surface area contributed by atoms with Gasteiger partial charge in [0.2, 0.25) is 0 Å². The Morgan fingerprint density at radius 1 is 0.947 bits per heavy atom. The van der Waals surface area contributed by atoms with Crippen LogP contribution in [0.1, 0.15) is 0 Å². The number of nitrogens with zero attached hydrogens (tertiary/aromatic N) is 1. The van der Waals surface area contributed by atoms with Gasteiger partial charge in [0.25, 0.3) is 22.2 Å². The number of aromatic nitrogens is 2. The van der Waals surface area contributed by atoms with Crippen LogP contribution in [-0.4, -0.2) is 9.55 Å². The molecule has 0 spiro atoms. The molecular formula is C13H8N2O4. The second-order valence-corrected chi connectivity index (χ2v) is 4.24. The second kappa shape index (κ2) is 3.61. The standard InChI is InChI=1S/C13H8N2O4/c1-2-3-15-12(18)8-4-6-7(5-9(8)13(15)19)11(17)14-10(6)16/h2,4-5H,1,3H2,(H,14,16,17). The molecule has 1 N–H and O–H groups in total. The van der Waals surface area contributed by atoms with Gasteiger partial charge in [-0.05, 0) is 12.1 Å². The Morgan fingerprint density at radius 2 is 1.42 bits per heavy atom. The van der Waals surface area contributed by atoms with Crippen molar-refractivity contribution in [2.45, 2.75) is 6.54 Å². The molecule has 0 saturated carbocycles. The quantitative estimate of drug-likeness (QED) is 0.633. The van der Waals surface area contributed by atoms with E-state index in [1.54, 1.807) is 0 Å². The fourth-order valence-corrected chi connectivity index (χ4v) is 2.25. The van der Waals surface area contributed by atoms with Crippen molar-refractivity contribution in [2.24, 2.45) is 0 Å². The third-order valence-electron chi connectivity index (χ3n) is 3.14. The lowest BCUT2D eigenvalue weighted by atomic mass is 10.1. The molecule has 94 valence electrons. The van der Waals surface area contributed by atoms with Crippen molar-refractivity contribution in [3.05, 3.63) is 66.2 Å². The van der Waals surface area contributed by atoms with Crippen molar-refractivity contribution in [1.29, 1.82) is 0 Å². The molecule has 3 rings (SSSR count). The van der Waals surface area contributed by atoms with E-state index >= 15 is 0 Å². The van der Waals surface area contributed by atoms with Crippen LogP contribution in [0.15, 0.2) is 44.0 Å². The molecule has 0 unspecified atom stereocenters. The normalized spacial score (nSPS) is 11.4. The van der Waals surface area contributed by atoms with Crippen LogP contribution >= 0.6 is 0 Å². The number of nitrogens with one attached hydrogen (secondary N) is 1. The molecule has 2 aromatic heterocycles. The topological polar surface area (TPSA) is 89.0 Å². The number of H-pyrrole nitrogens is 1. The zero-order valence-electron chi connectivity index (χ0n) is 9.73. The third-order valence-corrected chi connectivity index (χ3v) is 3.14. The van der Waals surface area contributed by atoms with E-state index in [9.17, 15) is 19.2 Å². The van der Waals surface area contributed by atoms with E-state index in [0.29, 0.717) is 0 Å². The fourth-order valence-electron chi connectivity index (χ4n) is 2.25. The Hall–Kier alpha value is -2.76. The van der Waals surface area contributed by atoms with Gasteiger partial charge in [-0.15, -0.1) is 6.58 Å². The summed E-state index contributed by atoms with van der Waals surface area (Å²) in [5, 5.41) is 0.557. The maximum Gasteiger partial charge on any atom is 0.261 e. The van der Waals surface area contributed by atoms with E-state index in [0.717, 1.165) is 4.57 Å². The van der Waals surface area contributed by atoms with Crippen molar-refractivity contribution in [3.8, 4) is 0 Å². The van der Waals surface area contributed by atoms with Gasteiger partial charge in [-0.2, -0.15) is 0 Å². The van der Waals surface area contributed by atoms with Gasteiger partial charge >= 0.3 is 0 Å². The predicted octanol–water partition coefficient (Wildman–Crippen LogP) is -0.375. The molecule has 0 radical (unpaired) electrons. The van der Waals surface area contributed by atoms with Gasteiger partial charge in [0, 0.05) is 6.54 Å². The van der Waals surface area contributed by atoms with Crippen molar-refractivity contribution in [3.63, 3.8) is 0 Å². The first kappa shape index (κ1) is 11.3. The summed E-state index contributed by atoms with van der Waals surface area (Å²) in [5.41, 5.74) is -2.06. The van der Waals surface area contributed by atoms with Crippen LogP contribution in [0.5, 0.6) is 0 Å². The lowest BCUT2D eigenvalue weighted by Crippen LogP contribution is -2.24. The Balaban J connectivity index is 2.61. The highest BCUT2D eigenvalue weighted by atomic mass is 16.2. The molecule has 19 heavy (non-hydrogen) atoms. The second-order valence-electron chi connectivity index (χ2n) is 4.24. The zero-order chi connectivity index (χ0) is 13.7. The van der Waals surface area contributed by atoms with Gasteiger partial charge < -0.3 is 0 Å². The summed E-state index contributed by atoms with van der Waals surface area (Å²) < 4.78 is 1.02. The van der Waals surface area contributed by atoms with Crippen molar-refractivity contribution in [2.75, 3.05) is 0 Å². The summed E-state index contributed by atoms with van der Waals surface area (Å²) in [4.78, 5) is 49.2. The van der Waals surface area contributed by atoms with E-state index in [1.165, 1.54) is 18.2 Å². The lowest BCUT2D eigenvalue weighted by molar-refractivity contribution is 0.775. The van der Waals surface area contributed by atoms with Gasteiger partial charge in [0.15, 0.2) is 0 Å². The zero-order valence-corrected chi connectivity index (χ0v) is 9.73. The molecule has 2 heterocycles. The van der Waals surface area contributed by atoms with Crippen molar-refractivity contribution >= 4 is 21.5 Å². The van der Waals surface area contributed by atoms with E-state index in [2.05, 4.69) is 11.6 Å². The Bertz CT molecular complexity index is 953. The molecule has 0 aliphatic heterocycles. The molecule has 0 fully saturated rings. The molecule has 3 aromatic rings. The van der Waals surface area contributed by atoms with Gasteiger partial charge in [-0.1, -0.05) is 6.08 Å². The first-order chi connectivity index (χ1) is 9.04. The SMILES string of the molecule is C=CCn1c(=O)c2cc3c(=O)[nH]c(=O)c3cc2c1=O. The molecule has 0 saturated heterocycles. The average molecular weight is 256 g/mol. The van der Waals surface area contributed by atoms with Crippen LogP contribution in [0, 0.1) is 0 Å². The number of rotatable bonds is 2. The van der Waals surface area contributed by atoms with Crippen LogP contribution in [0.4, 0.5) is 0 Å². The Morgan fingerprint density at radius 3 is 1.84 bits per heavy atom. The maximum atomic E-state index is 12.0. The number of hydrogen-bond donors (Lipinski definition) is 1. The van der Waals surface area contributed by atoms with Crippen LogP contribution < -0.4 is 22.2 Å². The molecule has 6 nitrogen and oxygen atoms in total. The number of aromatic amines is 1. The smallest absolute Gasteiger partial charge is 0.261 e. The summed E-state index contributed by atoms with van der Waals surface area (Å²) in [5.74, 6) is 0. The van der Waals surface area contributed by atoms with E-state index in [-0.39, 0.29) is 28.1 Å². The Labute approximate surface area is 104 Å². The van der Waals surface area contributed by atoms with Crippen molar-refractivity contribution in [1.82, 2.24) is 9.55 Å². The van der Waals surface area contributed by atoms with Crippen LogP contribution in [0.2, 0.25) is 0 Å². The first-order valence-corrected chi connectivity index (χ1v) is 5.55. The van der Waals surface area contributed by atoms with E-state index < -0.39 is 22.2 Å². The minimum Gasteiger partial charge on any atom is -0.288 e. The summed E-state index contributed by atoms with van der Waals surface area (Å²) in [6.45, 7) is 3.57. The van der Waals surface area contributed by atoms with Crippen LogP contribution in [0.25, 0.3) is 21.5 Å². The fraction of sp³-hybridized carbons (Fsp3) is 0.0769. The molecule has 0 bridgehead atoms. The maximum absolute atomic E-state index is 12.0. The minimum absolute atomic E-state index is 0.0944. The predicted molar refractivity (Wildman–Crippen MR) is 71.4 cm³/mol. The molecule has 0 aliphatic rings. The number of fused-ring (bicyclic) bond motifs is 2. The summed E-state index contributed by atoms with van der Waals surface area (Å²) in [6, 6.07) is 2.60. The van der Waals surface area contributed by atoms with Crippen LogP contribution in [-0.2, 0) is 6.54 Å². The number of allylic oxidation sites excluding steroid dienone is 1. The van der Waals surface area contributed by atoms with Gasteiger partial charge in [-0.3, -0.25) is 28.7 Å². The van der Waals surface area contributed by atoms with Crippen molar-refractivity contribution < 1.29 is 0 Å². The third kappa shape index (κ3) is 1.36. The number of hydrogen-bond acceptors (Lipinski definition) is 4. The summed E-state index contributed by atoms with van der Waals surface area (Å²) in [7, 11) is 0. The molecule has 0 atom stereocenters. The highest BCUT2D eigenvalue weighted by molar-refractivity contribution is 5.97. The Kier molecular flexibility index (Phi) is 2.16. The van der Waals surface area contributed by atoms with E-state index in [4.69, 9.17) is 0 Å². The molecule has 1 aromatic carbocycles. The van der Waals surface area contributed by atoms with Gasteiger partial charge in [-0.25, -0.2) is 0 Å². The minimum atomic E-state index is -0.551. The van der Waals surface area contributed by atoms with Crippen LogP contribution in [0.3, 0.4) is 0 Å². The lowest BCUT2D eigenvalue weighted by Gasteiger charge is -1.89. The van der Waals surface area contributed by atoms with E-state index in [1.807, 2.05) is 0 Å². The monoisotopic (exact) mass is 256 g/mol. The molecule has 0 aliphatic carbocycles. The van der Waals surface area contributed by atoms with Gasteiger partial charge in [0.1, 0.15) is 0 Å².